The number of allylic oxidation sites excluding steroid dienone is 1. The highest BCUT2D eigenvalue weighted by Crippen LogP contribution is 2.22. The van der Waals surface area contributed by atoms with E-state index in [1.54, 1.807) is 0 Å². The first-order valence-electron chi connectivity index (χ1n) is 13.1. The summed E-state index contributed by atoms with van der Waals surface area (Å²) in [4.78, 5) is 0. The fourth-order valence-corrected chi connectivity index (χ4v) is 4.01. The Morgan fingerprint density at radius 2 is 1.24 bits per heavy atom. The minimum atomic E-state index is -1.65. The van der Waals surface area contributed by atoms with Gasteiger partial charge in [-0.15, -0.1) is 0 Å². The Kier molecular flexibility index (Phi) is 18.5. The average molecular weight is 475 g/mol. The first-order chi connectivity index (χ1) is 15.5. The van der Waals surface area contributed by atoms with Crippen LogP contribution in [0.2, 0.25) is 0 Å². The summed E-state index contributed by atoms with van der Waals surface area (Å²) in [5, 5.41) is 48.7. The van der Waals surface area contributed by atoms with Crippen molar-refractivity contribution in [3.63, 3.8) is 0 Å². The summed E-state index contributed by atoms with van der Waals surface area (Å²) in [6.07, 6.45) is 6.90. The van der Waals surface area contributed by atoms with Crippen molar-refractivity contribution in [3.05, 3.63) is 11.6 Å². The smallest absolute Gasteiger partial charge is 0.183 e. The Hall–Kier alpha value is -0.500. The van der Waals surface area contributed by atoms with Gasteiger partial charge in [0.2, 0.25) is 0 Å². The molecule has 0 aromatic carbocycles. The molecule has 0 aliphatic carbocycles. The molecular formula is C27H54O6. The molecule has 0 aliphatic heterocycles. The fraction of sp³-hybridized carbons (Fsp3) is 0.926. The number of rotatable bonds is 20. The largest absolute Gasteiger partial charge is 0.396 e. The maximum Gasteiger partial charge on any atom is 0.183 e. The highest BCUT2D eigenvalue weighted by atomic mass is 16.6. The van der Waals surface area contributed by atoms with Gasteiger partial charge in [0.15, 0.2) is 6.29 Å². The van der Waals surface area contributed by atoms with E-state index >= 15 is 0 Å². The molecule has 0 bridgehead atoms. The van der Waals surface area contributed by atoms with Crippen molar-refractivity contribution >= 4 is 0 Å². The van der Waals surface area contributed by atoms with Gasteiger partial charge in [0.25, 0.3) is 0 Å². The molecule has 0 aromatic rings. The molecule has 33 heavy (non-hydrogen) atoms. The Morgan fingerprint density at radius 3 is 1.76 bits per heavy atom. The zero-order valence-corrected chi connectivity index (χ0v) is 22.1. The number of aliphatic hydroxyl groups is 5. The van der Waals surface area contributed by atoms with Crippen LogP contribution >= 0.6 is 0 Å². The minimum absolute atomic E-state index is 0.118. The van der Waals surface area contributed by atoms with Gasteiger partial charge in [-0.1, -0.05) is 91.2 Å². The van der Waals surface area contributed by atoms with Crippen LogP contribution < -0.4 is 0 Å². The summed E-state index contributed by atoms with van der Waals surface area (Å²) in [7, 11) is 0. The van der Waals surface area contributed by atoms with Crippen molar-refractivity contribution in [2.24, 2.45) is 23.7 Å². The maximum absolute atomic E-state index is 9.95. The monoisotopic (exact) mass is 474 g/mol. The molecule has 7 atom stereocenters. The van der Waals surface area contributed by atoms with E-state index in [1.807, 2.05) is 13.0 Å². The predicted molar refractivity (Wildman–Crippen MR) is 135 cm³/mol. The summed E-state index contributed by atoms with van der Waals surface area (Å²) in [5.41, 5.74) is 1.16. The Bertz CT molecular complexity index is 495. The van der Waals surface area contributed by atoms with Gasteiger partial charge >= 0.3 is 0 Å². The summed E-state index contributed by atoms with van der Waals surface area (Å²) in [6.45, 7) is 12.7. The van der Waals surface area contributed by atoms with Crippen LogP contribution in [0.5, 0.6) is 0 Å². The molecule has 0 aliphatic rings. The molecule has 0 saturated carbocycles. The second-order valence-corrected chi connectivity index (χ2v) is 10.8. The molecule has 0 spiro atoms. The quantitative estimate of drug-likeness (QED) is 0.132. The lowest BCUT2D eigenvalue weighted by molar-refractivity contribution is -0.202. The van der Waals surface area contributed by atoms with E-state index in [9.17, 15) is 20.4 Å². The van der Waals surface area contributed by atoms with E-state index in [4.69, 9.17) is 9.84 Å². The van der Waals surface area contributed by atoms with Crippen LogP contribution in [0, 0.1) is 23.7 Å². The van der Waals surface area contributed by atoms with Crippen LogP contribution in [0.25, 0.3) is 0 Å². The molecular weight excluding hydrogens is 420 g/mol. The molecule has 0 aromatic heterocycles. The van der Waals surface area contributed by atoms with Gasteiger partial charge in [0.05, 0.1) is 12.7 Å². The van der Waals surface area contributed by atoms with Crippen LogP contribution in [0.3, 0.4) is 0 Å². The molecule has 6 nitrogen and oxygen atoms in total. The second-order valence-electron chi connectivity index (χ2n) is 10.8. The molecule has 0 saturated heterocycles. The Morgan fingerprint density at radius 1 is 0.727 bits per heavy atom. The number of ether oxygens (including phenoxy) is 1. The summed E-state index contributed by atoms with van der Waals surface area (Å²) in [6, 6.07) is 0. The van der Waals surface area contributed by atoms with E-state index in [-0.39, 0.29) is 13.2 Å². The van der Waals surface area contributed by atoms with Crippen molar-refractivity contribution in [2.45, 2.75) is 124 Å². The third-order valence-corrected chi connectivity index (χ3v) is 6.70. The van der Waals surface area contributed by atoms with Crippen molar-refractivity contribution in [3.8, 4) is 0 Å². The summed E-state index contributed by atoms with van der Waals surface area (Å²) in [5.74, 6) is 1.75. The second kappa shape index (κ2) is 18.8. The van der Waals surface area contributed by atoms with Gasteiger partial charge in [-0.2, -0.15) is 0 Å². The standard InChI is InChI=1S/C27H54O6/c1-19(2)10-7-11-20(3)12-8-13-21(4)14-9-15-22(5)16-17-33-27(32)26(31)25(30)24(29)23(6)18-28/h16,19-21,23-32H,7-15,17-18H2,1-6H3. The number of aliphatic hydroxyl groups excluding tert-OH is 5. The van der Waals surface area contributed by atoms with Gasteiger partial charge < -0.3 is 30.3 Å². The van der Waals surface area contributed by atoms with Crippen molar-refractivity contribution in [2.75, 3.05) is 13.2 Å². The van der Waals surface area contributed by atoms with E-state index < -0.39 is 30.5 Å². The van der Waals surface area contributed by atoms with Gasteiger partial charge in [0, 0.05) is 12.5 Å². The third-order valence-electron chi connectivity index (χ3n) is 6.70. The molecule has 198 valence electrons. The van der Waals surface area contributed by atoms with Crippen LogP contribution in [0.15, 0.2) is 11.6 Å². The van der Waals surface area contributed by atoms with Crippen LogP contribution in [-0.4, -0.2) is 63.3 Å². The van der Waals surface area contributed by atoms with Crippen LogP contribution in [0.1, 0.15) is 99.3 Å². The molecule has 7 unspecified atom stereocenters. The van der Waals surface area contributed by atoms with Crippen LogP contribution in [-0.2, 0) is 4.74 Å². The zero-order chi connectivity index (χ0) is 25.4. The van der Waals surface area contributed by atoms with Gasteiger partial charge in [-0.05, 0) is 37.5 Å². The average Bonchev–Trinajstić information content (AvgIpc) is 2.76. The highest BCUT2D eigenvalue weighted by Gasteiger charge is 2.33. The third kappa shape index (κ3) is 15.9. The topological polar surface area (TPSA) is 110 Å². The Balaban J connectivity index is 4.01. The first kappa shape index (κ1) is 32.5. The molecule has 0 amide bonds. The zero-order valence-electron chi connectivity index (χ0n) is 22.1. The lowest BCUT2D eigenvalue weighted by Gasteiger charge is -2.28. The molecule has 0 fully saturated rings. The number of hydrogen-bond donors (Lipinski definition) is 5. The van der Waals surface area contributed by atoms with E-state index in [2.05, 4.69) is 27.7 Å². The molecule has 5 N–H and O–H groups in total. The summed E-state index contributed by atoms with van der Waals surface area (Å²) >= 11 is 0. The van der Waals surface area contributed by atoms with Gasteiger partial charge in [-0.25, -0.2) is 0 Å². The lowest BCUT2D eigenvalue weighted by atomic mass is 9.91. The van der Waals surface area contributed by atoms with Crippen LogP contribution in [0.4, 0.5) is 0 Å². The molecule has 0 rings (SSSR count). The maximum atomic E-state index is 9.95. The molecule has 0 heterocycles. The van der Waals surface area contributed by atoms with E-state index in [1.165, 1.54) is 51.9 Å². The molecule has 6 heteroatoms. The van der Waals surface area contributed by atoms with Gasteiger partial charge in [0.1, 0.15) is 12.2 Å². The van der Waals surface area contributed by atoms with Crippen molar-refractivity contribution in [1.29, 1.82) is 0 Å². The fourth-order valence-electron chi connectivity index (χ4n) is 4.01. The lowest BCUT2D eigenvalue weighted by Crippen LogP contribution is -2.48. The summed E-state index contributed by atoms with van der Waals surface area (Å²) < 4.78 is 5.20. The Labute approximate surface area is 203 Å². The SMILES string of the molecule is CC(=CCOC(O)C(O)C(O)C(O)C(C)CO)CCCC(C)CCCC(C)CCCC(C)C. The van der Waals surface area contributed by atoms with Gasteiger partial charge in [-0.3, -0.25) is 0 Å². The first-order valence-corrected chi connectivity index (χ1v) is 13.1. The molecule has 0 radical (unpaired) electrons. The van der Waals surface area contributed by atoms with Crippen molar-refractivity contribution < 1.29 is 30.3 Å². The predicted octanol–water partition coefficient (Wildman–Crippen LogP) is 4.42. The van der Waals surface area contributed by atoms with Crippen molar-refractivity contribution in [1.82, 2.24) is 0 Å². The van der Waals surface area contributed by atoms with E-state index in [0.717, 1.165) is 36.2 Å². The normalized spacial score (nSPS) is 19.2. The highest BCUT2D eigenvalue weighted by molar-refractivity contribution is 4.98. The minimum Gasteiger partial charge on any atom is -0.396 e. The number of hydrogen-bond acceptors (Lipinski definition) is 6. The van der Waals surface area contributed by atoms with E-state index in [0.29, 0.717) is 0 Å².